The Morgan fingerprint density at radius 2 is 1.88 bits per heavy atom. The summed E-state index contributed by atoms with van der Waals surface area (Å²) in [5.74, 6) is -0.484. The van der Waals surface area contributed by atoms with Crippen LogP contribution in [0.3, 0.4) is 0 Å². The number of likely N-dealkylation sites (N-methyl/N-ethyl adjacent to an activating group) is 1. The third-order valence-electron chi connectivity index (χ3n) is 3.45. The minimum absolute atomic E-state index is 0. The van der Waals surface area contributed by atoms with Crippen LogP contribution in [0.4, 0.5) is 17.6 Å². The largest absolute Gasteiger partial charge is 0.416 e. The van der Waals surface area contributed by atoms with Crippen molar-refractivity contribution in [2.45, 2.75) is 26.6 Å². The van der Waals surface area contributed by atoms with Gasteiger partial charge in [-0.2, -0.15) is 13.2 Å². The van der Waals surface area contributed by atoms with Crippen LogP contribution in [0.15, 0.2) is 23.2 Å². The molecule has 1 aromatic carbocycles. The minimum Gasteiger partial charge on any atom is -0.357 e. The quantitative estimate of drug-likeness (QED) is 0.274. The fourth-order valence-corrected chi connectivity index (χ4v) is 1.98. The number of guanidine groups is 1. The second-order valence-electron chi connectivity index (χ2n) is 5.32. The normalized spacial score (nSPS) is 12.1. The van der Waals surface area contributed by atoms with Crippen LogP contribution in [0, 0.1) is 5.82 Å². The Bertz CT molecular complexity index is 549. The van der Waals surface area contributed by atoms with Crippen molar-refractivity contribution in [2.24, 2.45) is 4.99 Å². The smallest absolute Gasteiger partial charge is 0.357 e. The van der Waals surface area contributed by atoms with Gasteiger partial charge < -0.3 is 15.5 Å². The van der Waals surface area contributed by atoms with Gasteiger partial charge in [0.2, 0.25) is 0 Å². The molecule has 0 saturated heterocycles. The molecule has 0 amide bonds. The van der Waals surface area contributed by atoms with Crippen LogP contribution in [0.25, 0.3) is 0 Å². The third kappa shape index (κ3) is 8.70. The second-order valence-corrected chi connectivity index (χ2v) is 5.32. The SMILES string of the molecule is CCNC(=NCc1ccc(F)cc1C(F)(F)F)NCCN(C)CC.I. The first kappa shape index (κ1) is 23.9. The van der Waals surface area contributed by atoms with E-state index in [1.807, 2.05) is 20.9 Å². The molecule has 0 atom stereocenters. The fraction of sp³-hybridized carbons (Fsp3) is 0.562. The van der Waals surface area contributed by atoms with Crippen LogP contribution in [0.1, 0.15) is 25.0 Å². The molecule has 0 aliphatic rings. The molecular formula is C16H25F4IN4. The maximum Gasteiger partial charge on any atom is 0.416 e. The predicted molar refractivity (Wildman–Crippen MR) is 103 cm³/mol. The predicted octanol–water partition coefficient (Wildman–Crippen LogP) is 3.47. The molecule has 1 rings (SSSR count). The van der Waals surface area contributed by atoms with Gasteiger partial charge in [0.1, 0.15) is 5.82 Å². The summed E-state index contributed by atoms with van der Waals surface area (Å²) in [6.45, 7) is 6.61. The summed E-state index contributed by atoms with van der Waals surface area (Å²) in [4.78, 5) is 6.26. The maximum atomic E-state index is 13.1. The number of nitrogens with zero attached hydrogens (tertiary/aromatic N) is 2. The lowest BCUT2D eigenvalue weighted by molar-refractivity contribution is -0.138. The van der Waals surface area contributed by atoms with Gasteiger partial charge in [-0.1, -0.05) is 13.0 Å². The van der Waals surface area contributed by atoms with E-state index < -0.39 is 17.6 Å². The average Bonchev–Trinajstić information content (AvgIpc) is 2.52. The van der Waals surface area contributed by atoms with Gasteiger partial charge in [0.15, 0.2) is 5.96 Å². The Hall–Kier alpha value is -1.10. The molecule has 4 nitrogen and oxygen atoms in total. The molecule has 0 radical (unpaired) electrons. The van der Waals surface area contributed by atoms with E-state index in [4.69, 9.17) is 0 Å². The van der Waals surface area contributed by atoms with Crippen molar-refractivity contribution in [1.29, 1.82) is 0 Å². The maximum absolute atomic E-state index is 13.1. The van der Waals surface area contributed by atoms with Crippen molar-refractivity contribution in [3.63, 3.8) is 0 Å². The first-order chi connectivity index (χ1) is 11.3. The van der Waals surface area contributed by atoms with Gasteiger partial charge in [-0.05, 0) is 38.2 Å². The first-order valence-electron chi connectivity index (χ1n) is 7.84. The van der Waals surface area contributed by atoms with Crippen molar-refractivity contribution in [1.82, 2.24) is 15.5 Å². The number of nitrogens with one attached hydrogen (secondary N) is 2. The highest BCUT2D eigenvalue weighted by Gasteiger charge is 2.33. The zero-order valence-electron chi connectivity index (χ0n) is 14.6. The number of rotatable bonds is 7. The summed E-state index contributed by atoms with van der Waals surface area (Å²) < 4.78 is 52.0. The molecule has 0 aliphatic heterocycles. The highest BCUT2D eigenvalue weighted by Crippen LogP contribution is 2.32. The minimum atomic E-state index is -4.61. The monoisotopic (exact) mass is 476 g/mol. The number of hydrogen-bond acceptors (Lipinski definition) is 2. The molecule has 0 aliphatic carbocycles. The molecule has 0 saturated carbocycles. The average molecular weight is 476 g/mol. The van der Waals surface area contributed by atoms with Gasteiger partial charge >= 0.3 is 6.18 Å². The van der Waals surface area contributed by atoms with E-state index in [-0.39, 0.29) is 36.1 Å². The van der Waals surface area contributed by atoms with Crippen molar-refractivity contribution < 1.29 is 17.6 Å². The van der Waals surface area contributed by atoms with E-state index in [0.717, 1.165) is 25.2 Å². The van der Waals surface area contributed by atoms with Crippen molar-refractivity contribution in [3.8, 4) is 0 Å². The Morgan fingerprint density at radius 1 is 1.20 bits per heavy atom. The standard InChI is InChI=1S/C16H24F4N4.HI/c1-4-21-15(22-8-9-24(3)5-2)23-11-12-6-7-13(17)10-14(12)16(18,19)20;/h6-7,10H,4-5,8-9,11H2,1-3H3,(H2,21,22,23);1H. The number of benzene rings is 1. The summed E-state index contributed by atoms with van der Waals surface area (Å²) in [6.07, 6.45) is -4.61. The molecule has 144 valence electrons. The molecule has 1 aromatic rings. The van der Waals surface area contributed by atoms with E-state index in [1.165, 1.54) is 0 Å². The number of hydrogen-bond donors (Lipinski definition) is 2. The van der Waals surface area contributed by atoms with E-state index in [0.29, 0.717) is 25.1 Å². The van der Waals surface area contributed by atoms with Crippen molar-refractivity contribution >= 4 is 29.9 Å². The van der Waals surface area contributed by atoms with E-state index >= 15 is 0 Å². The highest BCUT2D eigenvalue weighted by atomic mass is 127. The summed E-state index contributed by atoms with van der Waals surface area (Å²) in [5.41, 5.74) is -1.06. The fourth-order valence-electron chi connectivity index (χ4n) is 1.98. The lowest BCUT2D eigenvalue weighted by Gasteiger charge is -2.17. The number of halogens is 5. The second kappa shape index (κ2) is 11.5. The van der Waals surface area contributed by atoms with Crippen LogP contribution in [-0.4, -0.2) is 44.1 Å². The molecule has 25 heavy (non-hydrogen) atoms. The van der Waals surface area contributed by atoms with Gasteiger partial charge in [0.05, 0.1) is 12.1 Å². The van der Waals surface area contributed by atoms with E-state index in [1.54, 1.807) is 0 Å². The van der Waals surface area contributed by atoms with Crippen LogP contribution in [-0.2, 0) is 12.7 Å². The van der Waals surface area contributed by atoms with Gasteiger partial charge in [0.25, 0.3) is 0 Å². The highest BCUT2D eigenvalue weighted by molar-refractivity contribution is 14.0. The number of aliphatic imine (C=N–C) groups is 1. The van der Waals surface area contributed by atoms with E-state index in [9.17, 15) is 17.6 Å². The molecule has 0 spiro atoms. The van der Waals surface area contributed by atoms with Gasteiger partial charge in [0, 0.05) is 19.6 Å². The molecule has 0 fully saturated rings. The Balaban J connectivity index is 0.00000576. The molecular weight excluding hydrogens is 451 g/mol. The summed E-state index contributed by atoms with van der Waals surface area (Å²) >= 11 is 0. The molecule has 0 unspecified atom stereocenters. The van der Waals surface area contributed by atoms with Gasteiger partial charge in [-0.25, -0.2) is 9.38 Å². The summed E-state index contributed by atoms with van der Waals surface area (Å²) in [7, 11) is 1.97. The van der Waals surface area contributed by atoms with E-state index in [2.05, 4.69) is 20.5 Å². The van der Waals surface area contributed by atoms with Crippen molar-refractivity contribution in [2.75, 3.05) is 33.2 Å². The number of alkyl halides is 3. The van der Waals surface area contributed by atoms with Crippen LogP contribution < -0.4 is 10.6 Å². The lowest BCUT2D eigenvalue weighted by Crippen LogP contribution is -2.41. The van der Waals surface area contributed by atoms with Gasteiger partial charge in [-0.3, -0.25) is 0 Å². The van der Waals surface area contributed by atoms with Crippen LogP contribution in [0.5, 0.6) is 0 Å². The zero-order chi connectivity index (χ0) is 18.2. The first-order valence-corrected chi connectivity index (χ1v) is 7.84. The Labute approximate surface area is 163 Å². The van der Waals surface area contributed by atoms with Gasteiger partial charge in [-0.15, -0.1) is 24.0 Å². The molecule has 2 N–H and O–H groups in total. The van der Waals surface area contributed by atoms with Crippen LogP contribution >= 0.6 is 24.0 Å². The third-order valence-corrected chi connectivity index (χ3v) is 3.45. The topological polar surface area (TPSA) is 39.7 Å². The molecule has 0 aromatic heterocycles. The molecule has 0 bridgehead atoms. The lowest BCUT2D eigenvalue weighted by atomic mass is 10.1. The Morgan fingerprint density at radius 3 is 2.44 bits per heavy atom. The van der Waals surface area contributed by atoms with Crippen LogP contribution in [0.2, 0.25) is 0 Å². The summed E-state index contributed by atoms with van der Waals surface area (Å²) in [6, 6.07) is 2.63. The zero-order valence-corrected chi connectivity index (χ0v) is 16.9. The Kier molecular flexibility index (Phi) is 11.0. The summed E-state index contributed by atoms with van der Waals surface area (Å²) in [5, 5.41) is 6.05. The molecule has 9 heteroatoms. The van der Waals surface area contributed by atoms with Crippen molar-refractivity contribution in [3.05, 3.63) is 35.1 Å². The molecule has 0 heterocycles.